The molecule has 0 amide bonds. The van der Waals surface area contributed by atoms with E-state index in [0.29, 0.717) is 12.4 Å². The van der Waals surface area contributed by atoms with Gasteiger partial charge in [-0.3, -0.25) is 9.99 Å². The van der Waals surface area contributed by atoms with Crippen LogP contribution in [0, 0.1) is 0 Å². The fraction of sp³-hybridized carbons (Fsp3) is 0.308. The van der Waals surface area contributed by atoms with Gasteiger partial charge in [-0.25, -0.2) is 10.6 Å². The van der Waals surface area contributed by atoms with E-state index in [0.717, 1.165) is 17.5 Å². The molecule has 19 heavy (non-hydrogen) atoms. The molecule has 3 N–H and O–H groups in total. The Hall–Kier alpha value is -2.21. The van der Waals surface area contributed by atoms with Gasteiger partial charge in [0.1, 0.15) is 5.82 Å². The predicted molar refractivity (Wildman–Crippen MR) is 74.6 cm³/mol. The van der Waals surface area contributed by atoms with Gasteiger partial charge in [-0.2, -0.15) is 9.97 Å². The standard InChI is InChI=1S/C13H17N5O/c1-3-9-7-5-6-8-10(9)11-15-12(17-14)16-13(19)18(11)4-2/h5-8H,3-4,14H2,1-2H3,(H,16,17,19). The summed E-state index contributed by atoms with van der Waals surface area (Å²) in [4.78, 5) is 20.0. The summed E-state index contributed by atoms with van der Waals surface area (Å²) < 4.78 is 1.54. The molecule has 2 rings (SSSR count). The maximum absolute atomic E-state index is 11.9. The van der Waals surface area contributed by atoms with E-state index >= 15 is 0 Å². The van der Waals surface area contributed by atoms with Crippen LogP contribution in [0.1, 0.15) is 19.4 Å². The van der Waals surface area contributed by atoms with Gasteiger partial charge in [0.25, 0.3) is 0 Å². The number of nitrogens with two attached hydrogens (primary N) is 1. The Bertz CT molecular complexity index is 635. The van der Waals surface area contributed by atoms with Crippen molar-refractivity contribution in [3.05, 3.63) is 40.3 Å². The van der Waals surface area contributed by atoms with Gasteiger partial charge >= 0.3 is 5.69 Å². The first-order chi connectivity index (χ1) is 9.21. The number of nitrogen functional groups attached to an aromatic ring is 1. The monoisotopic (exact) mass is 259 g/mol. The van der Waals surface area contributed by atoms with Crippen molar-refractivity contribution in [1.82, 2.24) is 14.5 Å². The van der Waals surface area contributed by atoms with Crippen LogP contribution in [0.3, 0.4) is 0 Å². The summed E-state index contributed by atoms with van der Waals surface area (Å²) in [6.45, 7) is 4.46. The lowest BCUT2D eigenvalue weighted by atomic mass is 10.0. The molecule has 0 radical (unpaired) electrons. The fourth-order valence-electron chi connectivity index (χ4n) is 2.03. The molecule has 100 valence electrons. The van der Waals surface area contributed by atoms with Gasteiger partial charge in [-0.1, -0.05) is 31.2 Å². The van der Waals surface area contributed by atoms with Crippen molar-refractivity contribution in [2.75, 3.05) is 5.43 Å². The molecule has 1 aromatic carbocycles. The molecule has 0 atom stereocenters. The molecule has 0 aliphatic heterocycles. The molecule has 6 nitrogen and oxygen atoms in total. The van der Waals surface area contributed by atoms with Gasteiger partial charge in [0.05, 0.1) is 0 Å². The molecule has 0 spiro atoms. The average molecular weight is 259 g/mol. The van der Waals surface area contributed by atoms with Crippen LogP contribution in [-0.4, -0.2) is 14.5 Å². The van der Waals surface area contributed by atoms with Crippen LogP contribution in [-0.2, 0) is 13.0 Å². The number of hydrogen-bond acceptors (Lipinski definition) is 5. The van der Waals surface area contributed by atoms with Crippen LogP contribution >= 0.6 is 0 Å². The zero-order valence-corrected chi connectivity index (χ0v) is 11.1. The van der Waals surface area contributed by atoms with E-state index in [1.165, 1.54) is 4.57 Å². The zero-order chi connectivity index (χ0) is 13.8. The lowest BCUT2D eigenvalue weighted by Crippen LogP contribution is -2.28. The third-order valence-corrected chi connectivity index (χ3v) is 2.98. The molecule has 6 heteroatoms. The highest BCUT2D eigenvalue weighted by Crippen LogP contribution is 2.21. The third-order valence-electron chi connectivity index (χ3n) is 2.98. The number of aryl methyl sites for hydroxylation is 1. The van der Waals surface area contributed by atoms with Crippen molar-refractivity contribution >= 4 is 5.95 Å². The largest absolute Gasteiger partial charge is 0.352 e. The van der Waals surface area contributed by atoms with Crippen molar-refractivity contribution in [2.45, 2.75) is 26.8 Å². The van der Waals surface area contributed by atoms with Crippen LogP contribution in [0.4, 0.5) is 5.95 Å². The van der Waals surface area contributed by atoms with Crippen molar-refractivity contribution in [2.24, 2.45) is 5.84 Å². The summed E-state index contributed by atoms with van der Waals surface area (Å²) in [5, 5.41) is 0. The molecule has 0 unspecified atom stereocenters. The molecule has 0 aliphatic rings. The minimum Gasteiger partial charge on any atom is -0.292 e. The molecule has 0 saturated heterocycles. The van der Waals surface area contributed by atoms with Gasteiger partial charge in [0.2, 0.25) is 5.95 Å². The second-order valence-corrected chi connectivity index (χ2v) is 4.05. The Labute approximate surface area is 111 Å². The fourth-order valence-corrected chi connectivity index (χ4v) is 2.03. The summed E-state index contributed by atoms with van der Waals surface area (Å²) in [7, 11) is 0. The molecular formula is C13H17N5O. The number of anilines is 1. The van der Waals surface area contributed by atoms with E-state index < -0.39 is 0 Å². The van der Waals surface area contributed by atoms with Crippen molar-refractivity contribution in [3.8, 4) is 11.4 Å². The van der Waals surface area contributed by atoms with Crippen LogP contribution in [0.25, 0.3) is 11.4 Å². The van der Waals surface area contributed by atoms with E-state index in [1.54, 1.807) is 0 Å². The van der Waals surface area contributed by atoms with Crippen molar-refractivity contribution in [3.63, 3.8) is 0 Å². The molecule has 0 saturated carbocycles. The summed E-state index contributed by atoms with van der Waals surface area (Å²) in [6, 6.07) is 7.88. The van der Waals surface area contributed by atoms with Crippen LogP contribution in [0.2, 0.25) is 0 Å². The summed E-state index contributed by atoms with van der Waals surface area (Å²) >= 11 is 0. The highest BCUT2D eigenvalue weighted by molar-refractivity contribution is 5.61. The molecule has 1 heterocycles. The quantitative estimate of drug-likeness (QED) is 0.636. The SMILES string of the molecule is CCc1ccccc1-c1nc(NN)nc(=O)n1CC. The first kappa shape index (κ1) is 13.2. The van der Waals surface area contributed by atoms with Gasteiger partial charge in [-0.15, -0.1) is 0 Å². The normalized spacial score (nSPS) is 10.5. The second-order valence-electron chi connectivity index (χ2n) is 4.05. The Balaban J connectivity index is 2.73. The number of nitrogens with one attached hydrogen (secondary N) is 1. The Morgan fingerprint density at radius 3 is 2.63 bits per heavy atom. The minimum atomic E-state index is -0.355. The number of rotatable bonds is 4. The van der Waals surface area contributed by atoms with Crippen molar-refractivity contribution in [1.29, 1.82) is 0 Å². The highest BCUT2D eigenvalue weighted by atomic mass is 16.1. The molecular weight excluding hydrogens is 242 g/mol. The van der Waals surface area contributed by atoms with Gasteiger partial charge < -0.3 is 0 Å². The van der Waals surface area contributed by atoms with Gasteiger partial charge in [0, 0.05) is 12.1 Å². The molecule has 0 bridgehead atoms. The Morgan fingerprint density at radius 2 is 2.00 bits per heavy atom. The molecule has 0 aliphatic carbocycles. The van der Waals surface area contributed by atoms with E-state index in [1.807, 2.05) is 31.2 Å². The van der Waals surface area contributed by atoms with Crippen molar-refractivity contribution < 1.29 is 0 Å². The molecule has 0 fully saturated rings. The van der Waals surface area contributed by atoms with E-state index in [2.05, 4.69) is 22.3 Å². The average Bonchev–Trinajstić information content (AvgIpc) is 2.46. The number of benzene rings is 1. The van der Waals surface area contributed by atoms with E-state index in [4.69, 9.17) is 5.84 Å². The molecule has 2 aromatic rings. The lowest BCUT2D eigenvalue weighted by molar-refractivity contribution is 0.686. The Kier molecular flexibility index (Phi) is 3.91. The predicted octanol–water partition coefficient (Wildman–Crippen LogP) is 1.17. The zero-order valence-electron chi connectivity index (χ0n) is 11.1. The lowest BCUT2D eigenvalue weighted by Gasteiger charge is -2.13. The minimum absolute atomic E-state index is 0.135. The third kappa shape index (κ3) is 2.48. The highest BCUT2D eigenvalue weighted by Gasteiger charge is 2.13. The number of nitrogens with zero attached hydrogens (tertiary/aromatic N) is 3. The second kappa shape index (κ2) is 5.62. The number of hydrogen-bond donors (Lipinski definition) is 2. The summed E-state index contributed by atoms with van der Waals surface area (Å²) in [5.41, 5.74) is 4.04. The van der Waals surface area contributed by atoms with Gasteiger partial charge in [0.15, 0.2) is 0 Å². The first-order valence-corrected chi connectivity index (χ1v) is 6.25. The maximum Gasteiger partial charge on any atom is 0.352 e. The first-order valence-electron chi connectivity index (χ1n) is 6.25. The topological polar surface area (TPSA) is 85.8 Å². The number of hydrazine groups is 1. The van der Waals surface area contributed by atoms with E-state index in [-0.39, 0.29) is 11.6 Å². The molecule has 1 aromatic heterocycles. The number of aromatic nitrogens is 3. The maximum atomic E-state index is 11.9. The van der Waals surface area contributed by atoms with Gasteiger partial charge in [-0.05, 0) is 18.9 Å². The van der Waals surface area contributed by atoms with E-state index in [9.17, 15) is 4.79 Å². The van der Waals surface area contributed by atoms with Crippen LogP contribution in [0.15, 0.2) is 29.1 Å². The van der Waals surface area contributed by atoms with Crippen LogP contribution < -0.4 is 17.0 Å². The summed E-state index contributed by atoms with van der Waals surface area (Å²) in [6.07, 6.45) is 0.865. The smallest absolute Gasteiger partial charge is 0.292 e. The Morgan fingerprint density at radius 1 is 1.26 bits per heavy atom. The summed E-state index contributed by atoms with van der Waals surface area (Å²) in [5.74, 6) is 6.03. The van der Waals surface area contributed by atoms with Crippen LogP contribution in [0.5, 0.6) is 0 Å².